The fraction of sp³-hybridized carbons (Fsp3) is 0.538. The number of rotatable bonds is 7. The van der Waals surface area contributed by atoms with Gasteiger partial charge in [-0.25, -0.2) is 18.1 Å². The molecule has 2 aliphatic heterocycles. The van der Waals surface area contributed by atoms with Gasteiger partial charge in [0.05, 0.1) is 35.0 Å². The normalized spacial score (nSPS) is 20.3. The molecule has 4 heterocycles. The van der Waals surface area contributed by atoms with Crippen LogP contribution in [-0.2, 0) is 26.1 Å². The van der Waals surface area contributed by atoms with E-state index in [2.05, 4.69) is 14.8 Å². The first-order chi connectivity index (χ1) is 18.7. The monoisotopic (exact) mass is 556 g/mol. The van der Waals surface area contributed by atoms with Gasteiger partial charge in [0.2, 0.25) is 15.9 Å². The summed E-state index contributed by atoms with van der Waals surface area (Å²) in [5, 5.41) is 15.3. The lowest BCUT2D eigenvalue weighted by atomic mass is 9.91. The Kier molecular flexibility index (Phi) is 6.68. The Morgan fingerprint density at radius 3 is 2.62 bits per heavy atom. The van der Waals surface area contributed by atoms with Gasteiger partial charge in [-0.3, -0.25) is 18.9 Å². The molecule has 2 aromatic heterocycles. The van der Waals surface area contributed by atoms with Crippen LogP contribution >= 0.6 is 0 Å². The van der Waals surface area contributed by atoms with E-state index in [0.29, 0.717) is 69.0 Å². The van der Waals surface area contributed by atoms with Gasteiger partial charge in [-0.05, 0) is 56.7 Å². The molecule has 3 aliphatic rings. The van der Waals surface area contributed by atoms with Crippen LogP contribution in [0.3, 0.4) is 0 Å². The van der Waals surface area contributed by atoms with E-state index in [0.717, 1.165) is 12.8 Å². The number of nitrogens with one attached hydrogen (secondary N) is 1. The molecule has 3 fully saturated rings. The number of carbonyl (C=O) groups excluding carboxylic acids is 1. The number of ether oxygens (including phenoxy) is 1. The number of anilines is 1. The molecule has 12 nitrogen and oxygen atoms in total. The number of hydrogen-bond donors (Lipinski definition) is 2. The highest BCUT2D eigenvalue weighted by molar-refractivity contribution is 7.93. The molecule has 1 saturated carbocycles. The van der Waals surface area contributed by atoms with Crippen LogP contribution in [0.15, 0.2) is 41.6 Å². The van der Waals surface area contributed by atoms with Gasteiger partial charge in [0.25, 0.3) is 5.56 Å². The lowest BCUT2D eigenvalue weighted by Gasteiger charge is -2.38. The van der Waals surface area contributed by atoms with Gasteiger partial charge in [0, 0.05) is 32.2 Å². The van der Waals surface area contributed by atoms with Crippen LogP contribution in [0.5, 0.6) is 0 Å². The average Bonchev–Trinajstić information content (AvgIpc) is 3.69. The summed E-state index contributed by atoms with van der Waals surface area (Å²) in [5.41, 5.74) is -0.159. The summed E-state index contributed by atoms with van der Waals surface area (Å²) in [6.07, 6.45) is 6.41. The van der Waals surface area contributed by atoms with E-state index in [1.54, 1.807) is 24.3 Å². The summed E-state index contributed by atoms with van der Waals surface area (Å²) < 4.78 is 36.5. The summed E-state index contributed by atoms with van der Waals surface area (Å²) in [4.78, 5) is 31.9. The van der Waals surface area contributed by atoms with Crippen molar-refractivity contribution in [2.45, 2.75) is 55.9 Å². The maximum atomic E-state index is 13.3. The van der Waals surface area contributed by atoms with Crippen molar-refractivity contribution in [3.05, 3.63) is 47.1 Å². The van der Waals surface area contributed by atoms with E-state index >= 15 is 0 Å². The lowest BCUT2D eigenvalue weighted by Crippen LogP contribution is -2.50. The molecule has 2 N–H and O–H groups in total. The average molecular weight is 557 g/mol. The van der Waals surface area contributed by atoms with Gasteiger partial charge in [0.1, 0.15) is 11.7 Å². The molecule has 39 heavy (non-hydrogen) atoms. The highest BCUT2D eigenvalue weighted by Gasteiger charge is 2.39. The first kappa shape index (κ1) is 26.0. The van der Waals surface area contributed by atoms with Crippen molar-refractivity contribution >= 4 is 32.7 Å². The largest absolute Gasteiger partial charge is 0.388 e. The smallest absolute Gasteiger partial charge is 0.264 e. The zero-order valence-corrected chi connectivity index (χ0v) is 22.3. The number of hydrogen-bond acceptors (Lipinski definition) is 8. The van der Waals surface area contributed by atoms with E-state index in [9.17, 15) is 23.1 Å². The SMILES string of the molecule is O=C(C1CC1)N1CCC(O)(Cn2cnc3c(cnn3-c3cccc(NS(=O)(=O)C4CCOCC4)c3)c2=O)CC1. The van der Waals surface area contributed by atoms with Gasteiger partial charge >= 0.3 is 0 Å². The molecular weight excluding hydrogens is 524 g/mol. The number of nitrogens with zero attached hydrogens (tertiary/aromatic N) is 5. The highest BCUT2D eigenvalue weighted by Crippen LogP contribution is 2.33. The predicted octanol–water partition coefficient (Wildman–Crippen LogP) is 1.27. The molecule has 1 amide bonds. The van der Waals surface area contributed by atoms with E-state index in [1.807, 2.05) is 4.90 Å². The van der Waals surface area contributed by atoms with Crippen molar-refractivity contribution in [1.29, 1.82) is 0 Å². The van der Waals surface area contributed by atoms with Crippen molar-refractivity contribution < 1.29 is 23.1 Å². The van der Waals surface area contributed by atoms with Crippen LogP contribution in [-0.4, -0.2) is 80.8 Å². The first-order valence-corrected chi connectivity index (χ1v) is 14.9. The third kappa shape index (κ3) is 5.30. The van der Waals surface area contributed by atoms with E-state index in [1.165, 1.54) is 21.8 Å². The molecule has 1 aromatic carbocycles. The fourth-order valence-corrected chi connectivity index (χ4v) is 6.83. The molecule has 0 unspecified atom stereocenters. The third-order valence-electron chi connectivity index (χ3n) is 7.91. The first-order valence-electron chi connectivity index (χ1n) is 13.4. The van der Waals surface area contributed by atoms with Gasteiger partial charge in [-0.15, -0.1) is 0 Å². The number of piperidine rings is 1. The summed E-state index contributed by atoms with van der Waals surface area (Å²) in [7, 11) is -3.58. The molecule has 208 valence electrons. The quantitative estimate of drug-likeness (QED) is 0.442. The summed E-state index contributed by atoms with van der Waals surface area (Å²) in [5.74, 6) is 0.319. The number of aliphatic hydroxyl groups is 1. The van der Waals surface area contributed by atoms with Gasteiger partial charge < -0.3 is 14.7 Å². The maximum Gasteiger partial charge on any atom is 0.264 e. The van der Waals surface area contributed by atoms with Crippen molar-refractivity contribution in [2.24, 2.45) is 5.92 Å². The molecule has 0 atom stereocenters. The lowest BCUT2D eigenvalue weighted by molar-refractivity contribution is -0.137. The van der Waals surface area contributed by atoms with Crippen molar-refractivity contribution in [2.75, 3.05) is 31.0 Å². The molecule has 0 bridgehead atoms. The minimum Gasteiger partial charge on any atom is -0.388 e. The highest BCUT2D eigenvalue weighted by atomic mass is 32.2. The number of aromatic nitrogens is 4. The zero-order chi connectivity index (χ0) is 27.2. The van der Waals surface area contributed by atoms with Crippen LogP contribution in [0.1, 0.15) is 38.5 Å². The van der Waals surface area contributed by atoms with Crippen molar-refractivity contribution in [1.82, 2.24) is 24.2 Å². The minimum atomic E-state index is -3.58. The molecule has 13 heteroatoms. The van der Waals surface area contributed by atoms with Gasteiger partial charge in [0.15, 0.2) is 5.65 Å². The molecule has 2 saturated heterocycles. The van der Waals surface area contributed by atoms with Crippen LogP contribution in [0.4, 0.5) is 5.69 Å². The Morgan fingerprint density at radius 2 is 1.90 bits per heavy atom. The Labute approximate surface area is 225 Å². The molecule has 6 rings (SSSR count). The van der Waals surface area contributed by atoms with E-state index in [-0.39, 0.29) is 29.3 Å². The Bertz CT molecular complexity index is 1550. The summed E-state index contributed by atoms with van der Waals surface area (Å²) in [6.45, 7) is 1.87. The number of likely N-dealkylation sites (tertiary alicyclic amines) is 1. The predicted molar refractivity (Wildman–Crippen MR) is 143 cm³/mol. The van der Waals surface area contributed by atoms with Crippen LogP contribution < -0.4 is 10.3 Å². The summed E-state index contributed by atoms with van der Waals surface area (Å²) in [6, 6.07) is 6.78. The molecular formula is C26H32N6O6S. The van der Waals surface area contributed by atoms with Crippen LogP contribution in [0.25, 0.3) is 16.7 Å². The van der Waals surface area contributed by atoms with E-state index in [4.69, 9.17) is 4.74 Å². The number of amides is 1. The van der Waals surface area contributed by atoms with Crippen LogP contribution in [0, 0.1) is 5.92 Å². The topological polar surface area (TPSA) is 149 Å². The second-order valence-electron chi connectivity index (χ2n) is 10.8. The molecule has 0 radical (unpaired) electrons. The maximum absolute atomic E-state index is 13.3. The van der Waals surface area contributed by atoms with Crippen molar-refractivity contribution in [3.8, 4) is 5.69 Å². The molecule has 3 aromatic rings. The number of fused-ring (bicyclic) bond motifs is 1. The fourth-order valence-electron chi connectivity index (χ4n) is 5.39. The van der Waals surface area contributed by atoms with Gasteiger partial charge in [-0.1, -0.05) is 6.07 Å². The van der Waals surface area contributed by atoms with Gasteiger partial charge in [-0.2, -0.15) is 5.10 Å². The summed E-state index contributed by atoms with van der Waals surface area (Å²) >= 11 is 0. The van der Waals surface area contributed by atoms with Crippen LogP contribution in [0.2, 0.25) is 0 Å². The Balaban J connectivity index is 1.19. The third-order valence-corrected chi connectivity index (χ3v) is 9.78. The number of sulfonamides is 1. The van der Waals surface area contributed by atoms with Crippen molar-refractivity contribution in [3.63, 3.8) is 0 Å². The number of carbonyl (C=O) groups is 1. The zero-order valence-electron chi connectivity index (χ0n) is 21.5. The Morgan fingerprint density at radius 1 is 1.15 bits per heavy atom. The van der Waals surface area contributed by atoms with E-state index < -0.39 is 20.9 Å². The second kappa shape index (κ2) is 10.0. The molecule has 1 aliphatic carbocycles. The standard InChI is InChI=1S/C26H32N6O6S/c33-24(18-4-5-18)30-10-8-26(35,9-11-30)16-31-17-27-23-22(25(31)34)15-28-32(23)20-3-1-2-19(14-20)29-39(36,37)21-6-12-38-13-7-21/h1-3,14-15,17-18,21,29,35H,4-13,16H2. The number of benzene rings is 1. The second-order valence-corrected chi connectivity index (χ2v) is 12.8. The molecule has 0 spiro atoms. The Hall–Kier alpha value is -3.29. The minimum absolute atomic E-state index is 0.0783.